The Morgan fingerprint density at radius 1 is 1.14 bits per heavy atom. The quantitative estimate of drug-likeness (QED) is 0.445. The van der Waals surface area contributed by atoms with E-state index >= 15 is 0 Å². The predicted molar refractivity (Wildman–Crippen MR) is 63.2 cm³/mol. The van der Waals surface area contributed by atoms with Crippen molar-refractivity contribution >= 4 is 15.9 Å². The van der Waals surface area contributed by atoms with Crippen molar-refractivity contribution in [1.82, 2.24) is 4.90 Å². The number of alkyl halides is 1. The number of ether oxygens (including phenoxy) is 2. The maximum atomic E-state index is 5.38. The third kappa shape index (κ3) is 8.94. The monoisotopic (exact) mass is 267 g/mol. The first-order valence-electron chi connectivity index (χ1n) is 5.20. The standard InChI is InChI=1S/C10H22BrNO2/c1-3-12(7-5-11)6-4-8-14-10-9-13-2/h3-10H2,1-2H3. The second kappa shape index (κ2) is 11.4. The summed E-state index contributed by atoms with van der Waals surface area (Å²) in [5.74, 6) is 0. The lowest BCUT2D eigenvalue weighted by Gasteiger charge is -2.18. The van der Waals surface area contributed by atoms with E-state index in [9.17, 15) is 0 Å². The Labute approximate surface area is 95.9 Å². The number of methoxy groups -OCH3 is 1. The van der Waals surface area contributed by atoms with Crippen molar-refractivity contribution in [1.29, 1.82) is 0 Å². The Bertz CT molecular complexity index is 114. The Morgan fingerprint density at radius 3 is 2.50 bits per heavy atom. The molecule has 0 fully saturated rings. The molecule has 0 saturated heterocycles. The fourth-order valence-electron chi connectivity index (χ4n) is 1.18. The van der Waals surface area contributed by atoms with E-state index in [1.165, 1.54) is 0 Å². The Kier molecular flexibility index (Phi) is 11.7. The van der Waals surface area contributed by atoms with E-state index in [0.29, 0.717) is 13.2 Å². The number of rotatable bonds is 10. The zero-order valence-electron chi connectivity index (χ0n) is 9.30. The first kappa shape index (κ1) is 14.4. The van der Waals surface area contributed by atoms with Gasteiger partial charge in [-0.05, 0) is 13.0 Å². The third-order valence-corrected chi connectivity index (χ3v) is 2.40. The van der Waals surface area contributed by atoms with Gasteiger partial charge in [-0.15, -0.1) is 0 Å². The predicted octanol–water partition coefficient (Wildman–Crippen LogP) is 1.76. The molecular formula is C10H22BrNO2. The first-order valence-corrected chi connectivity index (χ1v) is 6.32. The van der Waals surface area contributed by atoms with Crippen LogP contribution in [0.25, 0.3) is 0 Å². The molecule has 0 aromatic carbocycles. The van der Waals surface area contributed by atoms with Gasteiger partial charge in [-0.25, -0.2) is 0 Å². The van der Waals surface area contributed by atoms with Crippen molar-refractivity contribution in [3.63, 3.8) is 0 Å². The van der Waals surface area contributed by atoms with Gasteiger partial charge in [0.2, 0.25) is 0 Å². The fraction of sp³-hybridized carbons (Fsp3) is 1.00. The van der Waals surface area contributed by atoms with Crippen molar-refractivity contribution in [2.45, 2.75) is 13.3 Å². The van der Waals surface area contributed by atoms with Gasteiger partial charge in [0.1, 0.15) is 0 Å². The lowest BCUT2D eigenvalue weighted by Crippen LogP contribution is -2.27. The molecule has 0 aromatic rings. The summed E-state index contributed by atoms with van der Waals surface area (Å²) in [6, 6.07) is 0. The second-order valence-electron chi connectivity index (χ2n) is 3.08. The highest BCUT2D eigenvalue weighted by molar-refractivity contribution is 9.09. The van der Waals surface area contributed by atoms with Crippen molar-refractivity contribution < 1.29 is 9.47 Å². The summed E-state index contributed by atoms with van der Waals surface area (Å²) in [5, 5.41) is 1.05. The molecule has 4 heteroatoms. The van der Waals surface area contributed by atoms with Gasteiger partial charge in [-0.3, -0.25) is 0 Å². The third-order valence-electron chi connectivity index (χ3n) is 2.04. The average Bonchev–Trinajstić information content (AvgIpc) is 2.21. The molecule has 0 unspecified atom stereocenters. The van der Waals surface area contributed by atoms with Crippen LogP contribution in [0, 0.1) is 0 Å². The number of nitrogens with zero attached hydrogens (tertiary/aromatic N) is 1. The molecule has 0 rings (SSSR count). The summed E-state index contributed by atoms with van der Waals surface area (Å²) in [6.45, 7) is 7.78. The summed E-state index contributed by atoms with van der Waals surface area (Å²) in [6.07, 6.45) is 1.10. The Balaban J connectivity index is 3.15. The van der Waals surface area contributed by atoms with Crippen molar-refractivity contribution in [2.75, 3.05) is 51.9 Å². The highest BCUT2D eigenvalue weighted by atomic mass is 79.9. The first-order chi connectivity index (χ1) is 6.85. The second-order valence-corrected chi connectivity index (χ2v) is 3.87. The molecule has 0 saturated carbocycles. The molecule has 0 spiro atoms. The zero-order valence-corrected chi connectivity index (χ0v) is 10.9. The van der Waals surface area contributed by atoms with Crippen LogP contribution in [0.15, 0.2) is 0 Å². The minimum absolute atomic E-state index is 0.693. The molecule has 3 nitrogen and oxygen atoms in total. The van der Waals surface area contributed by atoms with Crippen molar-refractivity contribution in [3.8, 4) is 0 Å². The van der Waals surface area contributed by atoms with Crippen LogP contribution in [-0.2, 0) is 9.47 Å². The topological polar surface area (TPSA) is 21.7 Å². The molecule has 0 N–H and O–H groups in total. The van der Waals surface area contributed by atoms with E-state index in [1.807, 2.05) is 0 Å². The summed E-state index contributed by atoms with van der Waals surface area (Å²) in [7, 11) is 1.69. The molecule has 0 aromatic heterocycles. The number of halogens is 1. The van der Waals surface area contributed by atoms with E-state index in [0.717, 1.165) is 38.0 Å². The van der Waals surface area contributed by atoms with Gasteiger partial charge >= 0.3 is 0 Å². The largest absolute Gasteiger partial charge is 0.382 e. The van der Waals surface area contributed by atoms with Gasteiger partial charge in [0.25, 0.3) is 0 Å². The molecule has 0 radical (unpaired) electrons. The van der Waals surface area contributed by atoms with Crippen LogP contribution in [0.2, 0.25) is 0 Å². The van der Waals surface area contributed by atoms with Crippen LogP contribution in [0.1, 0.15) is 13.3 Å². The highest BCUT2D eigenvalue weighted by Crippen LogP contribution is 1.94. The van der Waals surface area contributed by atoms with Crippen molar-refractivity contribution in [2.24, 2.45) is 0 Å². The SMILES string of the molecule is CCN(CCBr)CCCOCCOC. The molecule has 0 heterocycles. The molecule has 0 aliphatic heterocycles. The molecule has 0 amide bonds. The van der Waals surface area contributed by atoms with Gasteiger partial charge in [0.15, 0.2) is 0 Å². The van der Waals surface area contributed by atoms with Crippen molar-refractivity contribution in [3.05, 3.63) is 0 Å². The van der Waals surface area contributed by atoms with Crippen LogP contribution in [0.4, 0.5) is 0 Å². The number of hydrogen-bond donors (Lipinski definition) is 0. The molecule has 0 bridgehead atoms. The molecule has 0 atom stereocenters. The smallest absolute Gasteiger partial charge is 0.0700 e. The lowest BCUT2D eigenvalue weighted by molar-refractivity contribution is 0.0657. The van der Waals surface area contributed by atoms with Gasteiger partial charge in [-0.1, -0.05) is 22.9 Å². The Hall–Kier alpha value is 0.360. The molecule has 14 heavy (non-hydrogen) atoms. The van der Waals surface area contributed by atoms with Gasteiger partial charge in [0, 0.05) is 32.1 Å². The maximum Gasteiger partial charge on any atom is 0.0700 e. The van der Waals surface area contributed by atoms with Gasteiger partial charge < -0.3 is 14.4 Å². The number of hydrogen-bond acceptors (Lipinski definition) is 3. The minimum atomic E-state index is 0.693. The molecule has 0 aliphatic carbocycles. The molecule has 86 valence electrons. The van der Waals surface area contributed by atoms with Gasteiger partial charge in [-0.2, -0.15) is 0 Å². The maximum absolute atomic E-state index is 5.38. The Morgan fingerprint density at radius 2 is 1.93 bits per heavy atom. The lowest BCUT2D eigenvalue weighted by atomic mass is 10.4. The summed E-state index contributed by atoms with van der Waals surface area (Å²) in [4.78, 5) is 2.41. The highest BCUT2D eigenvalue weighted by Gasteiger charge is 1.99. The van der Waals surface area contributed by atoms with E-state index in [4.69, 9.17) is 9.47 Å². The van der Waals surface area contributed by atoms with Crippen LogP contribution in [0.5, 0.6) is 0 Å². The van der Waals surface area contributed by atoms with Gasteiger partial charge in [0.05, 0.1) is 13.2 Å². The normalized spacial score (nSPS) is 11.1. The average molecular weight is 268 g/mol. The summed E-state index contributed by atoms with van der Waals surface area (Å²) >= 11 is 3.44. The van der Waals surface area contributed by atoms with Crippen LogP contribution in [-0.4, -0.2) is 56.8 Å². The molecular weight excluding hydrogens is 246 g/mol. The van der Waals surface area contributed by atoms with E-state index < -0.39 is 0 Å². The molecule has 0 aliphatic rings. The van der Waals surface area contributed by atoms with Crippen LogP contribution < -0.4 is 0 Å². The van der Waals surface area contributed by atoms with E-state index in [2.05, 4.69) is 27.8 Å². The summed E-state index contributed by atoms with van der Waals surface area (Å²) < 4.78 is 10.3. The van der Waals surface area contributed by atoms with E-state index in [1.54, 1.807) is 7.11 Å². The minimum Gasteiger partial charge on any atom is -0.382 e. The summed E-state index contributed by atoms with van der Waals surface area (Å²) in [5.41, 5.74) is 0. The zero-order chi connectivity index (χ0) is 10.6. The van der Waals surface area contributed by atoms with Crippen LogP contribution in [0.3, 0.4) is 0 Å². The van der Waals surface area contributed by atoms with E-state index in [-0.39, 0.29) is 0 Å². The fourth-order valence-corrected chi connectivity index (χ4v) is 1.68. The van der Waals surface area contributed by atoms with Crippen LogP contribution >= 0.6 is 15.9 Å².